The summed E-state index contributed by atoms with van der Waals surface area (Å²) in [5.74, 6) is -1.45. The van der Waals surface area contributed by atoms with Crippen LogP contribution in [0.5, 0.6) is 0 Å². The lowest BCUT2D eigenvalue weighted by Crippen LogP contribution is -2.34. The Morgan fingerprint density at radius 1 is 1.50 bits per heavy atom. The van der Waals surface area contributed by atoms with E-state index in [-0.39, 0.29) is 11.4 Å². The number of rotatable bonds is 4. The van der Waals surface area contributed by atoms with Gasteiger partial charge in [-0.15, -0.1) is 0 Å². The van der Waals surface area contributed by atoms with E-state index in [0.29, 0.717) is 6.54 Å². The number of amides is 1. The first kappa shape index (κ1) is 12.8. The second-order valence-electron chi connectivity index (χ2n) is 4.36. The molecule has 1 aromatic rings. The Hall–Kier alpha value is -1.69. The van der Waals surface area contributed by atoms with Crippen LogP contribution in [0.3, 0.4) is 0 Å². The van der Waals surface area contributed by atoms with Crippen molar-refractivity contribution in [1.82, 2.24) is 15.2 Å². The molecular formula is C12H17FN4O. The Bertz CT molecular complexity index is 432. The van der Waals surface area contributed by atoms with Crippen LogP contribution in [0, 0.1) is 5.82 Å². The number of nitrogens with two attached hydrogens (primary N) is 1. The fourth-order valence-electron chi connectivity index (χ4n) is 2.06. The SMILES string of the molecule is Nc1nccc(C(=O)NCCN2CCCC2)c1F. The third-order valence-electron chi connectivity index (χ3n) is 3.07. The van der Waals surface area contributed by atoms with Crippen LogP contribution in [0.1, 0.15) is 23.2 Å². The first-order chi connectivity index (χ1) is 8.68. The summed E-state index contributed by atoms with van der Waals surface area (Å²) in [6, 6.07) is 1.33. The van der Waals surface area contributed by atoms with Crippen LogP contribution in [-0.4, -0.2) is 42.0 Å². The van der Waals surface area contributed by atoms with Crippen LogP contribution >= 0.6 is 0 Å². The van der Waals surface area contributed by atoms with Gasteiger partial charge in [0.25, 0.3) is 5.91 Å². The van der Waals surface area contributed by atoms with Crippen molar-refractivity contribution in [3.8, 4) is 0 Å². The van der Waals surface area contributed by atoms with Gasteiger partial charge in [-0.3, -0.25) is 4.79 Å². The molecule has 0 aliphatic carbocycles. The lowest BCUT2D eigenvalue weighted by Gasteiger charge is -2.14. The quantitative estimate of drug-likeness (QED) is 0.824. The van der Waals surface area contributed by atoms with Crippen LogP contribution < -0.4 is 11.1 Å². The minimum atomic E-state index is -0.754. The van der Waals surface area contributed by atoms with E-state index in [1.807, 2.05) is 0 Å². The average molecular weight is 252 g/mol. The molecule has 1 amide bonds. The molecular weight excluding hydrogens is 235 g/mol. The number of nitrogen functional groups attached to an aromatic ring is 1. The number of carbonyl (C=O) groups is 1. The predicted octanol–water partition coefficient (Wildman–Crippen LogP) is 0.628. The van der Waals surface area contributed by atoms with Crippen molar-refractivity contribution in [2.24, 2.45) is 0 Å². The summed E-state index contributed by atoms with van der Waals surface area (Å²) >= 11 is 0. The molecule has 0 atom stereocenters. The molecule has 6 heteroatoms. The van der Waals surface area contributed by atoms with E-state index in [1.54, 1.807) is 0 Å². The van der Waals surface area contributed by atoms with Crippen LogP contribution in [0.2, 0.25) is 0 Å². The number of anilines is 1. The van der Waals surface area contributed by atoms with Gasteiger partial charge in [0, 0.05) is 19.3 Å². The molecule has 18 heavy (non-hydrogen) atoms. The molecule has 5 nitrogen and oxygen atoms in total. The van der Waals surface area contributed by atoms with E-state index < -0.39 is 11.7 Å². The molecule has 1 aliphatic rings. The van der Waals surface area contributed by atoms with Gasteiger partial charge < -0.3 is 16.0 Å². The van der Waals surface area contributed by atoms with Gasteiger partial charge in [-0.2, -0.15) is 0 Å². The van der Waals surface area contributed by atoms with Gasteiger partial charge in [0.1, 0.15) is 0 Å². The summed E-state index contributed by atoms with van der Waals surface area (Å²) in [5.41, 5.74) is 5.26. The maximum Gasteiger partial charge on any atom is 0.254 e. The number of carbonyl (C=O) groups excluding carboxylic acids is 1. The van der Waals surface area contributed by atoms with Gasteiger partial charge in [-0.05, 0) is 32.0 Å². The van der Waals surface area contributed by atoms with Gasteiger partial charge in [-0.1, -0.05) is 0 Å². The summed E-state index contributed by atoms with van der Waals surface area (Å²) in [6.45, 7) is 3.47. The summed E-state index contributed by atoms with van der Waals surface area (Å²) in [5, 5.41) is 2.69. The normalized spacial score (nSPS) is 15.8. The van der Waals surface area contributed by atoms with Crippen LogP contribution in [0.25, 0.3) is 0 Å². The number of nitrogens with zero attached hydrogens (tertiary/aromatic N) is 2. The first-order valence-electron chi connectivity index (χ1n) is 6.09. The zero-order chi connectivity index (χ0) is 13.0. The molecule has 3 N–H and O–H groups in total. The predicted molar refractivity (Wildman–Crippen MR) is 66.6 cm³/mol. The second-order valence-corrected chi connectivity index (χ2v) is 4.36. The minimum absolute atomic E-state index is 0.0519. The highest BCUT2D eigenvalue weighted by Crippen LogP contribution is 2.11. The number of aromatic nitrogens is 1. The molecule has 0 spiro atoms. The summed E-state index contributed by atoms with van der Waals surface area (Å²) in [4.78, 5) is 17.6. The van der Waals surface area contributed by atoms with Crippen molar-refractivity contribution in [3.63, 3.8) is 0 Å². The molecule has 1 aromatic heterocycles. The Kier molecular flexibility index (Phi) is 4.09. The van der Waals surface area contributed by atoms with E-state index in [1.165, 1.54) is 25.1 Å². The number of likely N-dealkylation sites (tertiary alicyclic amines) is 1. The highest BCUT2D eigenvalue weighted by molar-refractivity contribution is 5.95. The maximum absolute atomic E-state index is 13.5. The standard InChI is InChI=1S/C12H17FN4O/c13-10-9(3-4-15-11(10)14)12(18)16-5-8-17-6-1-2-7-17/h3-4H,1-2,5-8H2,(H2,14,15)(H,16,18). The average Bonchev–Trinajstić information content (AvgIpc) is 2.85. The molecule has 0 radical (unpaired) electrons. The first-order valence-corrected chi connectivity index (χ1v) is 6.09. The molecule has 0 saturated carbocycles. The van der Waals surface area contributed by atoms with Crippen LogP contribution in [0.4, 0.5) is 10.2 Å². The molecule has 1 saturated heterocycles. The Morgan fingerprint density at radius 2 is 2.22 bits per heavy atom. The third-order valence-corrected chi connectivity index (χ3v) is 3.07. The van der Waals surface area contributed by atoms with E-state index in [9.17, 15) is 9.18 Å². The van der Waals surface area contributed by atoms with Gasteiger partial charge in [0.05, 0.1) is 5.56 Å². The molecule has 2 heterocycles. The van der Waals surface area contributed by atoms with Crippen LogP contribution in [-0.2, 0) is 0 Å². The summed E-state index contributed by atoms with van der Waals surface area (Å²) in [6.07, 6.45) is 3.75. The Morgan fingerprint density at radius 3 is 2.94 bits per heavy atom. The molecule has 2 rings (SSSR count). The molecule has 0 unspecified atom stereocenters. The van der Waals surface area contributed by atoms with E-state index in [0.717, 1.165) is 19.6 Å². The molecule has 1 aliphatic heterocycles. The highest BCUT2D eigenvalue weighted by Gasteiger charge is 2.15. The van der Waals surface area contributed by atoms with Gasteiger partial charge >= 0.3 is 0 Å². The fraction of sp³-hybridized carbons (Fsp3) is 0.500. The van der Waals surface area contributed by atoms with Crippen molar-refractivity contribution in [2.75, 3.05) is 31.9 Å². The number of pyridine rings is 1. The van der Waals surface area contributed by atoms with Crippen molar-refractivity contribution >= 4 is 11.7 Å². The van der Waals surface area contributed by atoms with Crippen molar-refractivity contribution in [2.45, 2.75) is 12.8 Å². The third kappa shape index (κ3) is 2.95. The van der Waals surface area contributed by atoms with Crippen molar-refractivity contribution < 1.29 is 9.18 Å². The molecule has 1 fully saturated rings. The van der Waals surface area contributed by atoms with Gasteiger partial charge in [-0.25, -0.2) is 9.37 Å². The number of nitrogens with one attached hydrogen (secondary N) is 1. The zero-order valence-electron chi connectivity index (χ0n) is 10.2. The monoisotopic (exact) mass is 252 g/mol. The second kappa shape index (κ2) is 5.77. The number of hydrogen-bond acceptors (Lipinski definition) is 4. The van der Waals surface area contributed by atoms with E-state index in [2.05, 4.69) is 15.2 Å². The Labute approximate surface area is 105 Å². The van der Waals surface area contributed by atoms with Crippen molar-refractivity contribution in [1.29, 1.82) is 0 Å². The highest BCUT2D eigenvalue weighted by atomic mass is 19.1. The van der Waals surface area contributed by atoms with Crippen molar-refractivity contribution in [3.05, 3.63) is 23.6 Å². The van der Waals surface area contributed by atoms with Crippen LogP contribution in [0.15, 0.2) is 12.3 Å². The lowest BCUT2D eigenvalue weighted by atomic mass is 10.2. The van der Waals surface area contributed by atoms with E-state index >= 15 is 0 Å². The van der Waals surface area contributed by atoms with Gasteiger partial charge in [0.2, 0.25) is 0 Å². The lowest BCUT2D eigenvalue weighted by molar-refractivity contribution is 0.0945. The molecule has 0 aromatic carbocycles. The smallest absolute Gasteiger partial charge is 0.254 e. The maximum atomic E-state index is 13.5. The zero-order valence-corrected chi connectivity index (χ0v) is 10.2. The summed E-state index contributed by atoms with van der Waals surface area (Å²) in [7, 11) is 0. The summed E-state index contributed by atoms with van der Waals surface area (Å²) < 4.78 is 13.5. The van der Waals surface area contributed by atoms with Gasteiger partial charge in [0.15, 0.2) is 11.6 Å². The largest absolute Gasteiger partial charge is 0.381 e. The van der Waals surface area contributed by atoms with E-state index in [4.69, 9.17) is 5.73 Å². The topological polar surface area (TPSA) is 71.2 Å². The minimum Gasteiger partial charge on any atom is -0.381 e. The Balaban J connectivity index is 1.85. The number of hydrogen-bond donors (Lipinski definition) is 2. The fourth-order valence-corrected chi connectivity index (χ4v) is 2.06. The molecule has 98 valence electrons. The number of halogens is 1. The molecule has 0 bridgehead atoms.